The molecule has 0 amide bonds. The number of aliphatic carboxylic acids is 1. The van der Waals surface area contributed by atoms with Gasteiger partial charge in [0.2, 0.25) is 0 Å². The Labute approximate surface area is 143 Å². The zero-order valence-electron chi connectivity index (χ0n) is 14.9. The minimum absolute atomic E-state index is 0.261. The number of benzene rings is 2. The maximum Gasteiger partial charge on any atom is 0.336 e. The van der Waals surface area contributed by atoms with Gasteiger partial charge in [0, 0.05) is 0 Å². The topological polar surface area (TPSA) is 46.5 Å². The van der Waals surface area contributed by atoms with Crippen molar-refractivity contribution in [3.63, 3.8) is 0 Å². The fraction of sp³-hybridized carbons (Fsp3) is 0.286. The van der Waals surface area contributed by atoms with E-state index in [1.807, 2.05) is 77.1 Å². The van der Waals surface area contributed by atoms with Crippen molar-refractivity contribution in [2.45, 2.75) is 40.2 Å². The molecular formula is C21H24O3. The molecule has 2 aromatic rings. The van der Waals surface area contributed by atoms with Gasteiger partial charge in [0.25, 0.3) is 0 Å². The van der Waals surface area contributed by atoms with Crippen molar-refractivity contribution in [1.29, 1.82) is 0 Å². The van der Waals surface area contributed by atoms with Gasteiger partial charge in [-0.25, -0.2) is 4.79 Å². The van der Waals surface area contributed by atoms with Crippen molar-refractivity contribution in [3.05, 3.63) is 64.7 Å². The number of carboxylic acids is 1. The molecule has 3 heteroatoms. The summed E-state index contributed by atoms with van der Waals surface area (Å²) in [4.78, 5) is 11.7. The highest BCUT2D eigenvalue weighted by atomic mass is 16.5. The molecule has 0 heterocycles. The molecule has 0 aromatic heterocycles. The minimum atomic E-state index is -0.937. The van der Waals surface area contributed by atoms with Gasteiger partial charge in [-0.15, -0.1) is 0 Å². The van der Waals surface area contributed by atoms with Gasteiger partial charge >= 0.3 is 5.97 Å². The minimum Gasteiger partial charge on any atom is -0.488 e. The molecular weight excluding hydrogens is 300 g/mol. The van der Waals surface area contributed by atoms with Crippen LogP contribution >= 0.6 is 0 Å². The van der Waals surface area contributed by atoms with E-state index in [1.165, 1.54) is 0 Å². The Morgan fingerprint density at radius 3 is 2.12 bits per heavy atom. The number of carbonyl (C=O) groups is 1. The van der Waals surface area contributed by atoms with Crippen molar-refractivity contribution < 1.29 is 14.6 Å². The Hall–Kier alpha value is -2.55. The van der Waals surface area contributed by atoms with Crippen molar-refractivity contribution in [2.24, 2.45) is 0 Å². The van der Waals surface area contributed by atoms with Gasteiger partial charge in [-0.05, 0) is 75.1 Å². The van der Waals surface area contributed by atoms with E-state index in [0.29, 0.717) is 5.56 Å². The van der Waals surface area contributed by atoms with Gasteiger partial charge in [0.05, 0.1) is 5.57 Å². The average molecular weight is 324 g/mol. The fourth-order valence-electron chi connectivity index (χ4n) is 2.33. The summed E-state index contributed by atoms with van der Waals surface area (Å²) in [5.74, 6) is -0.170. The highest BCUT2D eigenvalue weighted by Crippen LogP contribution is 2.24. The first kappa shape index (κ1) is 17.8. The zero-order chi connectivity index (χ0) is 17.9. The summed E-state index contributed by atoms with van der Waals surface area (Å²) in [5.41, 5.74) is 3.78. The van der Waals surface area contributed by atoms with E-state index in [2.05, 4.69) is 0 Å². The Kier molecular flexibility index (Phi) is 5.13. The van der Waals surface area contributed by atoms with Crippen LogP contribution in [0.25, 0.3) is 11.6 Å². The van der Waals surface area contributed by atoms with Crippen LogP contribution in [0.5, 0.6) is 5.75 Å². The molecule has 2 aromatic carbocycles. The van der Waals surface area contributed by atoms with Gasteiger partial charge in [-0.3, -0.25) is 0 Å². The number of rotatable bonds is 4. The van der Waals surface area contributed by atoms with Gasteiger partial charge in [-0.1, -0.05) is 30.3 Å². The molecule has 3 nitrogen and oxygen atoms in total. The maximum absolute atomic E-state index is 11.7. The molecule has 24 heavy (non-hydrogen) atoms. The van der Waals surface area contributed by atoms with Crippen molar-refractivity contribution in [2.75, 3.05) is 0 Å². The van der Waals surface area contributed by atoms with Crippen LogP contribution in [0, 0.1) is 13.8 Å². The highest BCUT2D eigenvalue weighted by Gasteiger charge is 2.13. The van der Waals surface area contributed by atoms with Crippen molar-refractivity contribution >= 4 is 17.6 Å². The van der Waals surface area contributed by atoms with Crippen molar-refractivity contribution in [1.82, 2.24) is 0 Å². The predicted molar refractivity (Wildman–Crippen MR) is 98.2 cm³/mol. The standard InChI is InChI=1S/C21H24O3/c1-14-6-9-17(12-15(14)2)19(20(22)23)13-16-7-10-18(11-8-16)24-21(3,4)5/h6-13H,1-5H3,(H,22,23)/b19-13-. The number of hydrogen-bond donors (Lipinski definition) is 1. The van der Waals surface area contributed by atoms with E-state index >= 15 is 0 Å². The monoisotopic (exact) mass is 324 g/mol. The third kappa shape index (κ3) is 4.72. The smallest absolute Gasteiger partial charge is 0.336 e. The summed E-state index contributed by atoms with van der Waals surface area (Å²) in [7, 11) is 0. The van der Waals surface area contributed by atoms with Gasteiger partial charge in [-0.2, -0.15) is 0 Å². The van der Waals surface area contributed by atoms with Gasteiger partial charge < -0.3 is 9.84 Å². The van der Waals surface area contributed by atoms with Gasteiger partial charge in [0.1, 0.15) is 11.4 Å². The highest BCUT2D eigenvalue weighted by molar-refractivity contribution is 6.20. The summed E-state index contributed by atoms with van der Waals surface area (Å²) >= 11 is 0. The summed E-state index contributed by atoms with van der Waals surface area (Å²) < 4.78 is 5.79. The number of carboxylic acid groups (broad SMARTS) is 1. The third-order valence-electron chi connectivity index (χ3n) is 3.66. The summed E-state index contributed by atoms with van der Waals surface area (Å²) in [6, 6.07) is 13.2. The van der Waals surface area contributed by atoms with Gasteiger partial charge in [0.15, 0.2) is 0 Å². The second-order valence-corrected chi connectivity index (χ2v) is 6.95. The van der Waals surface area contributed by atoms with Crippen LogP contribution in [0.4, 0.5) is 0 Å². The number of hydrogen-bond acceptors (Lipinski definition) is 2. The van der Waals surface area contributed by atoms with Crippen molar-refractivity contribution in [3.8, 4) is 5.75 Å². The van der Waals surface area contributed by atoms with E-state index in [9.17, 15) is 9.90 Å². The zero-order valence-corrected chi connectivity index (χ0v) is 14.9. The molecule has 0 saturated carbocycles. The average Bonchev–Trinajstić information content (AvgIpc) is 2.47. The van der Waals surface area contributed by atoms with E-state index in [0.717, 1.165) is 22.4 Å². The van der Waals surface area contributed by atoms with Crippen LogP contribution in [0.2, 0.25) is 0 Å². The molecule has 1 N–H and O–H groups in total. The van der Waals surface area contributed by atoms with E-state index in [1.54, 1.807) is 6.08 Å². The van der Waals surface area contributed by atoms with E-state index < -0.39 is 5.97 Å². The van der Waals surface area contributed by atoms with Crippen LogP contribution in [0.15, 0.2) is 42.5 Å². The first-order valence-electron chi connectivity index (χ1n) is 7.97. The Bertz CT molecular complexity index is 763. The molecule has 126 valence electrons. The van der Waals surface area contributed by atoms with Crippen LogP contribution in [0.3, 0.4) is 0 Å². The SMILES string of the molecule is Cc1ccc(/C(=C/c2ccc(OC(C)(C)C)cc2)C(=O)O)cc1C. The van der Waals surface area contributed by atoms with Crippen LogP contribution in [0.1, 0.15) is 43.0 Å². The van der Waals surface area contributed by atoms with Crippen LogP contribution in [-0.4, -0.2) is 16.7 Å². The lowest BCUT2D eigenvalue weighted by atomic mass is 9.98. The third-order valence-corrected chi connectivity index (χ3v) is 3.66. The molecule has 0 saturated heterocycles. The quantitative estimate of drug-likeness (QED) is 0.628. The lowest BCUT2D eigenvalue weighted by Crippen LogP contribution is -2.22. The molecule has 2 rings (SSSR count). The summed E-state index contributed by atoms with van der Waals surface area (Å²) in [5, 5.41) is 9.56. The molecule has 0 radical (unpaired) electrons. The first-order chi connectivity index (χ1) is 11.2. The fourth-order valence-corrected chi connectivity index (χ4v) is 2.33. The lowest BCUT2D eigenvalue weighted by molar-refractivity contribution is -0.130. The Morgan fingerprint density at radius 1 is 1.00 bits per heavy atom. The Balaban J connectivity index is 2.34. The lowest BCUT2D eigenvalue weighted by Gasteiger charge is -2.21. The molecule has 0 fully saturated rings. The molecule has 0 spiro atoms. The second kappa shape index (κ2) is 6.91. The first-order valence-corrected chi connectivity index (χ1v) is 7.97. The molecule has 0 unspecified atom stereocenters. The largest absolute Gasteiger partial charge is 0.488 e. The molecule has 0 bridgehead atoms. The van der Waals surface area contributed by atoms with Crippen LogP contribution in [-0.2, 0) is 4.79 Å². The van der Waals surface area contributed by atoms with E-state index in [-0.39, 0.29) is 11.2 Å². The molecule has 0 aliphatic rings. The Morgan fingerprint density at radius 2 is 1.62 bits per heavy atom. The predicted octanol–water partition coefficient (Wildman–Crippen LogP) is 5.11. The molecule has 0 aliphatic heterocycles. The number of ether oxygens (including phenoxy) is 1. The molecule has 0 atom stereocenters. The summed E-state index contributed by atoms with van der Waals surface area (Å²) in [6.45, 7) is 9.96. The van der Waals surface area contributed by atoms with E-state index in [4.69, 9.17) is 4.74 Å². The second-order valence-electron chi connectivity index (χ2n) is 6.95. The maximum atomic E-state index is 11.7. The van der Waals surface area contributed by atoms with Crippen LogP contribution < -0.4 is 4.74 Å². The summed E-state index contributed by atoms with van der Waals surface area (Å²) in [6.07, 6.45) is 1.69. The number of aryl methyl sites for hydroxylation is 2. The normalized spacial score (nSPS) is 12.1. The molecule has 0 aliphatic carbocycles.